The Morgan fingerprint density at radius 2 is 1.95 bits per heavy atom. The van der Waals surface area contributed by atoms with Gasteiger partial charge in [-0.3, -0.25) is 4.79 Å². The molecule has 0 fully saturated rings. The van der Waals surface area contributed by atoms with Crippen LogP contribution in [0.25, 0.3) is 0 Å². The number of benzene rings is 1. The molecule has 0 radical (unpaired) electrons. The molecule has 1 atom stereocenters. The Morgan fingerprint density at radius 1 is 1.33 bits per heavy atom. The van der Waals surface area contributed by atoms with E-state index in [1.54, 1.807) is 11.8 Å². The molecule has 0 heterocycles. The summed E-state index contributed by atoms with van der Waals surface area (Å²) < 4.78 is 0.0804. The minimum Gasteiger partial charge on any atom is -0.396 e. The van der Waals surface area contributed by atoms with E-state index in [4.69, 9.17) is 11.6 Å². The SMILES string of the molecule is CC(C)(C)SCC(=O)NC[C@@H](CO)Cc1ccc(Cl)cc1. The van der Waals surface area contributed by atoms with Gasteiger partial charge in [0.05, 0.1) is 5.75 Å². The molecule has 0 spiro atoms. The number of halogens is 1. The third-order valence-electron chi connectivity index (χ3n) is 2.92. The molecule has 1 amide bonds. The summed E-state index contributed by atoms with van der Waals surface area (Å²) in [5.41, 5.74) is 1.11. The Morgan fingerprint density at radius 3 is 2.48 bits per heavy atom. The monoisotopic (exact) mass is 329 g/mol. The van der Waals surface area contributed by atoms with E-state index in [1.807, 2.05) is 24.3 Å². The van der Waals surface area contributed by atoms with Crippen LogP contribution in [0.3, 0.4) is 0 Å². The molecule has 21 heavy (non-hydrogen) atoms. The standard InChI is InChI=1S/C16H24ClNO2S/c1-16(2,3)21-11-15(20)18-9-13(10-19)8-12-4-6-14(17)7-5-12/h4-7,13,19H,8-11H2,1-3H3,(H,18,20)/t13-/m0/s1. The lowest BCUT2D eigenvalue weighted by Crippen LogP contribution is -2.33. The molecule has 0 unspecified atom stereocenters. The Labute approximate surface area is 136 Å². The van der Waals surface area contributed by atoms with Gasteiger partial charge in [0, 0.05) is 28.8 Å². The van der Waals surface area contributed by atoms with Crippen LogP contribution in [0.4, 0.5) is 0 Å². The predicted octanol–water partition coefficient (Wildman–Crippen LogP) is 3.14. The first-order chi connectivity index (χ1) is 9.80. The highest BCUT2D eigenvalue weighted by Gasteiger charge is 2.15. The summed E-state index contributed by atoms with van der Waals surface area (Å²) in [4.78, 5) is 11.8. The molecule has 0 saturated carbocycles. The molecule has 5 heteroatoms. The smallest absolute Gasteiger partial charge is 0.230 e. The first-order valence-electron chi connectivity index (χ1n) is 7.06. The van der Waals surface area contributed by atoms with Gasteiger partial charge in [0.2, 0.25) is 5.91 Å². The van der Waals surface area contributed by atoms with Crippen LogP contribution in [0, 0.1) is 5.92 Å². The topological polar surface area (TPSA) is 49.3 Å². The van der Waals surface area contributed by atoms with Gasteiger partial charge in [-0.25, -0.2) is 0 Å². The quantitative estimate of drug-likeness (QED) is 0.808. The minimum atomic E-state index is 0.0180. The third kappa shape index (κ3) is 8.34. The maximum atomic E-state index is 11.8. The molecule has 0 aliphatic rings. The molecular formula is C16H24ClNO2S. The molecular weight excluding hydrogens is 306 g/mol. The molecule has 0 aromatic heterocycles. The summed E-state index contributed by atoms with van der Waals surface area (Å²) in [5, 5.41) is 13.0. The number of aliphatic hydroxyl groups excluding tert-OH is 1. The van der Waals surface area contributed by atoms with E-state index in [0.29, 0.717) is 17.3 Å². The second kappa shape index (κ2) is 8.66. The highest BCUT2D eigenvalue weighted by molar-refractivity contribution is 8.01. The zero-order valence-electron chi connectivity index (χ0n) is 12.9. The summed E-state index contributed by atoms with van der Waals surface area (Å²) in [7, 11) is 0. The molecule has 3 nitrogen and oxygen atoms in total. The zero-order valence-corrected chi connectivity index (χ0v) is 14.4. The van der Waals surface area contributed by atoms with E-state index in [2.05, 4.69) is 26.1 Å². The van der Waals surface area contributed by atoms with Crippen molar-refractivity contribution in [2.24, 2.45) is 5.92 Å². The number of carbonyl (C=O) groups excluding carboxylic acids is 1. The van der Waals surface area contributed by atoms with Crippen molar-refractivity contribution in [2.75, 3.05) is 18.9 Å². The van der Waals surface area contributed by atoms with E-state index < -0.39 is 0 Å². The summed E-state index contributed by atoms with van der Waals surface area (Å²) in [6, 6.07) is 7.57. The van der Waals surface area contributed by atoms with Gasteiger partial charge in [-0.15, -0.1) is 11.8 Å². The van der Waals surface area contributed by atoms with Gasteiger partial charge < -0.3 is 10.4 Å². The van der Waals surface area contributed by atoms with Crippen LogP contribution in [-0.2, 0) is 11.2 Å². The minimum absolute atomic E-state index is 0.0180. The van der Waals surface area contributed by atoms with E-state index in [1.165, 1.54) is 0 Å². The molecule has 1 aromatic carbocycles. The van der Waals surface area contributed by atoms with E-state index in [9.17, 15) is 9.90 Å². The van der Waals surface area contributed by atoms with Gasteiger partial charge in [0.25, 0.3) is 0 Å². The van der Waals surface area contributed by atoms with Crippen LogP contribution in [-0.4, -0.2) is 34.7 Å². The van der Waals surface area contributed by atoms with Crippen molar-refractivity contribution in [3.8, 4) is 0 Å². The number of nitrogens with one attached hydrogen (secondary N) is 1. The van der Waals surface area contributed by atoms with E-state index >= 15 is 0 Å². The van der Waals surface area contributed by atoms with Gasteiger partial charge in [-0.1, -0.05) is 44.5 Å². The maximum absolute atomic E-state index is 11.8. The number of hydrogen-bond acceptors (Lipinski definition) is 3. The van der Waals surface area contributed by atoms with Gasteiger partial charge in [0.15, 0.2) is 0 Å². The zero-order chi connectivity index (χ0) is 15.9. The highest BCUT2D eigenvalue weighted by Crippen LogP contribution is 2.22. The first-order valence-corrected chi connectivity index (χ1v) is 8.42. The largest absolute Gasteiger partial charge is 0.396 e. The lowest BCUT2D eigenvalue weighted by molar-refractivity contribution is -0.118. The van der Waals surface area contributed by atoms with Crippen LogP contribution in [0.1, 0.15) is 26.3 Å². The summed E-state index contributed by atoms with van der Waals surface area (Å²) in [6.45, 7) is 6.80. The number of aliphatic hydroxyl groups is 1. The fraction of sp³-hybridized carbons (Fsp3) is 0.562. The van der Waals surface area contributed by atoms with Crippen molar-refractivity contribution in [3.05, 3.63) is 34.9 Å². The van der Waals surface area contributed by atoms with Crippen LogP contribution in [0.15, 0.2) is 24.3 Å². The lowest BCUT2D eigenvalue weighted by atomic mass is 10.00. The van der Waals surface area contributed by atoms with E-state index in [0.717, 1.165) is 12.0 Å². The van der Waals surface area contributed by atoms with Crippen molar-refractivity contribution in [1.29, 1.82) is 0 Å². The van der Waals surface area contributed by atoms with Gasteiger partial charge in [0.1, 0.15) is 0 Å². The van der Waals surface area contributed by atoms with Crippen molar-refractivity contribution in [1.82, 2.24) is 5.32 Å². The Kier molecular flexibility index (Phi) is 7.57. The molecule has 0 bridgehead atoms. The molecule has 2 N–H and O–H groups in total. The second-order valence-electron chi connectivity index (χ2n) is 6.08. The normalized spacial score (nSPS) is 13.0. The van der Waals surface area contributed by atoms with Crippen molar-refractivity contribution >= 4 is 29.3 Å². The second-order valence-corrected chi connectivity index (χ2v) is 8.32. The number of hydrogen-bond donors (Lipinski definition) is 2. The van der Waals surface area contributed by atoms with Gasteiger partial charge in [-0.05, 0) is 24.1 Å². The third-order valence-corrected chi connectivity index (χ3v) is 4.44. The number of rotatable bonds is 7. The molecule has 0 aliphatic heterocycles. The summed E-state index contributed by atoms with van der Waals surface area (Å²) in [5.74, 6) is 0.488. The van der Waals surface area contributed by atoms with Crippen molar-refractivity contribution in [3.63, 3.8) is 0 Å². The highest BCUT2D eigenvalue weighted by atomic mass is 35.5. The Balaban J connectivity index is 2.37. The predicted molar refractivity (Wildman–Crippen MR) is 91.0 cm³/mol. The summed E-state index contributed by atoms with van der Waals surface area (Å²) in [6.07, 6.45) is 0.723. The van der Waals surface area contributed by atoms with Crippen LogP contribution in [0.5, 0.6) is 0 Å². The Hall–Kier alpha value is -0.710. The Bertz CT molecular complexity index is 443. The molecule has 1 rings (SSSR count). The first kappa shape index (κ1) is 18.3. The fourth-order valence-corrected chi connectivity index (χ4v) is 2.54. The number of amides is 1. The van der Waals surface area contributed by atoms with Crippen LogP contribution >= 0.6 is 23.4 Å². The van der Waals surface area contributed by atoms with Crippen molar-refractivity contribution in [2.45, 2.75) is 31.9 Å². The van der Waals surface area contributed by atoms with Gasteiger partial charge >= 0.3 is 0 Å². The van der Waals surface area contributed by atoms with Crippen LogP contribution in [0.2, 0.25) is 5.02 Å². The van der Waals surface area contributed by atoms with Crippen molar-refractivity contribution < 1.29 is 9.90 Å². The molecule has 1 aromatic rings. The van der Waals surface area contributed by atoms with Crippen LogP contribution < -0.4 is 5.32 Å². The molecule has 0 aliphatic carbocycles. The maximum Gasteiger partial charge on any atom is 0.230 e. The average Bonchev–Trinajstić information content (AvgIpc) is 2.42. The van der Waals surface area contributed by atoms with E-state index in [-0.39, 0.29) is 23.2 Å². The lowest BCUT2D eigenvalue weighted by Gasteiger charge is -2.18. The summed E-state index contributed by atoms with van der Waals surface area (Å²) >= 11 is 7.46. The molecule has 118 valence electrons. The molecule has 0 saturated heterocycles. The average molecular weight is 330 g/mol. The number of carbonyl (C=O) groups is 1. The fourth-order valence-electron chi connectivity index (χ4n) is 1.75. The van der Waals surface area contributed by atoms with Gasteiger partial charge in [-0.2, -0.15) is 0 Å². The number of thioether (sulfide) groups is 1.